The highest BCUT2D eigenvalue weighted by molar-refractivity contribution is 9.10. The van der Waals surface area contributed by atoms with Crippen LogP contribution in [-0.4, -0.2) is 44.9 Å². The van der Waals surface area contributed by atoms with E-state index in [0.29, 0.717) is 0 Å². The van der Waals surface area contributed by atoms with Gasteiger partial charge in [-0.1, -0.05) is 75.7 Å². The predicted octanol–water partition coefficient (Wildman–Crippen LogP) is 10.3. The van der Waals surface area contributed by atoms with Gasteiger partial charge in [-0.05, 0) is 99.8 Å². The number of benzene rings is 2. The number of hydrogen-bond acceptors (Lipinski definition) is 6. The Bertz CT molecular complexity index is 1700. The molecule has 1 saturated heterocycles. The fourth-order valence-electron chi connectivity index (χ4n) is 4.48. The van der Waals surface area contributed by atoms with Gasteiger partial charge in [-0.25, -0.2) is 0 Å². The molecule has 2 aromatic heterocycles. The van der Waals surface area contributed by atoms with E-state index in [9.17, 15) is 0 Å². The molecule has 0 N–H and O–H groups in total. The van der Waals surface area contributed by atoms with Crippen molar-refractivity contribution < 1.29 is 18.2 Å². The summed E-state index contributed by atoms with van der Waals surface area (Å²) in [6.07, 6.45) is 3.63. The number of aromatic nitrogens is 2. The molecule has 10 heteroatoms. The summed E-state index contributed by atoms with van der Waals surface area (Å²) in [4.78, 5) is 9.11. The Morgan fingerprint density at radius 3 is 1.52 bits per heavy atom. The van der Waals surface area contributed by atoms with Gasteiger partial charge in [0.25, 0.3) is 16.6 Å². The van der Waals surface area contributed by atoms with Crippen LogP contribution in [0, 0.1) is 0 Å². The van der Waals surface area contributed by atoms with Gasteiger partial charge in [0.2, 0.25) is 0 Å². The van der Waals surface area contributed by atoms with E-state index in [-0.39, 0.29) is 21.3 Å². The average Bonchev–Trinajstić information content (AvgIpc) is 3.15. The third-order valence-corrected chi connectivity index (χ3v) is 19.7. The van der Waals surface area contributed by atoms with E-state index >= 15 is 0 Å². The van der Waals surface area contributed by atoms with Crippen molar-refractivity contribution in [2.45, 2.75) is 117 Å². The summed E-state index contributed by atoms with van der Waals surface area (Å²) in [7, 11) is -4.21. The van der Waals surface area contributed by atoms with Crippen molar-refractivity contribution in [2.24, 2.45) is 0 Å². The quantitative estimate of drug-likeness (QED) is 0.191. The summed E-state index contributed by atoms with van der Waals surface area (Å²) in [5.41, 5.74) is 2.06. The molecule has 3 heterocycles. The molecule has 0 atom stereocenters. The van der Waals surface area contributed by atoms with E-state index in [0.717, 1.165) is 43.2 Å². The summed E-state index contributed by atoms with van der Waals surface area (Å²) >= 11 is 3.57. The minimum absolute atomic E-state index is 0.124. The van der Waals surface area contributed by atoms with Gasteiger partial charge in [-0.2, -0.15) is 0 Å². The maximum atomic E-state index is 6.57. The molecule has 4 aromatic rings. The fraction of sp³-hybridized carbons (Fsp3) is 0.500. The van der Waals surface area contributed by atoms with Gasteiger partial charge < -0.3 is 18.2 Å². The third-order valence-electron chi connectivity index (χ3n) is 10.3. The molecule has 1 fully saturated rings. The lowest BCUT2D eigenvalue weighted by Gasteiger charge is -2.36. The number of fused-ring (bicyclic) bond motifs is 2. The van der Waals surface area contributed by atoms with Crippen LogP contribution < -0.4 is 14.3 Å². The molecule has 0 spiro atoms. The maximum Gasteiger partial charge on any atom is 0.495 e. The lowest BCUT2D eigenvalue weighted by Crippen LogP contribution is -2.44. The van der Waals surface area contributed by atoms with E-state index in [4.69, 9.17) is 18.2 Å². The van der Waals surface area contributed by atoms with Crippen molar-refractivity contribution in [3.63, 3.8) is 0 Å². The van der Waals surface area contributed by atoms with E-state index < -0.39 is 23.8 Å². The third kappa shape index (κ3) is 7.41. The molecule has 248 valence electrons. The van der Waals surface area contributed by atoms with Gasteiger partial charge in [-0.15, -0.1) is 0 Å². The van der Waals surface area contributed by atoms with Gasteiger partial charge in [0.1, 0.15) is 22.5 Å². The first-order chi connectivity index (χ1) is 21.0. The Morgan fingerprint density at radius 2 is 1.07 bits per heavy atom. The maximum absolute atomic E-state index is 6.57. The van der Waals surface area contributed by atoms with Crippen molar-refractivity contribution in [2.75, 3.05) is 0 Å². The molecule has 1 aliphatic heterocycles. The number of nitrogens with zero attached hydrogens (tertiary/aromatic N) is 2. The Labute approximate surface area is 287 Å². The van der Waals surface area contributed by atoms with Crippen molar-refractivity contribution in [1.82, 2.24) is 9.97 Å². The normalized spacial score (nSPS) is 16.7. The fourth-order valence-corrected chi connectivity index (χ4v) is 6.97. The highest BCUT2D eigenvalue weighted by Gasteiger charge is 2.52. The summed E-state index contributed by atoms with van der Waals surface area (Å²) in [5, 5.41) is 2.42. The van der Waals surface area contributed by atoms with Crippen LogP contribution in [0.5, 0.6) is 11.5 Å². The highest BCUT2D eigenvalue weighted by atomic mass is 79.9. The monoisotopic (exact) mass is 722 g/mol. The van der Waals surface area contributed by atoms with Gasteiger partial charge in [0.05, 0.1) is 11.2 Å². The van der Waals surface area contributed by atoms with Crippen molar-refractivity contribution >= 4 is 67.0 Å². The van der Waals surface area contributed by atoms with Crippen molar-refractivity contribution in [3.05, 3.63) is 65.4 Å². The lowest BCUT2D eigenvalue weighted by atomic mass is 9.76. The minimum atomic E-state index is -1.96. The molecule has 0 aliphatic carbocycles. The molecule has 46 heavy (non-hydrogen) atoms. The summed E-state index contributed by atoms with van der Waals surface area (Å²) in [5.74, 6) is 1.74. The van der Waals surface area contributed by atoms with Crippen LogP contribution in [0.3, 0.4) is 0 Å². The number of halogens is 1. The molecule has 0 bridgehead atoms. The molecular weight excluding hydrogens is 671 g/mol. The molecule has 0 saturated carbocycles. The zero-order valence-electron chi connectivity index (χ0n) is 30.3. The molecule has 5 rings (SSSR count). The van der Waals surface area contributed by atoms with Crippen LogP contribution in [0.2, 0.25) is 36.3 Å². The average molecular weight is 724 g/mol. The van der Waals surface area contributed by atoms with E-state index in [2.05, 4.69) is 140 Å². The summed E-state index contributed by atoms with van der Waals surface area (Å²) < 4.78 is 26.6. The summed E-state index contributed by atoms with van der Waals surface area (Å²) in [6.45, 7) is 30.8. The molecular formula is C36H52BBrN2O4Si2. The number of rotatable bonds is 5. The van der Waals surface area contributed by atoms with Crippen LogP contribution in [-0.2, 0) is 9.31 Å². The van der Waals surface area contributed by atoms with E-state index in [1.807, 2.05) is 42.7 Å². The summed E-state index contributed by atoms with van der Waals surface area (Å²) in [6, 6.07) is 16.2. The minimum Gasteiger partial charge on any atom is -0.542 e. The van der Waals surface area contributed by atoms with Crippen LogP contribution in [0.4, 0.5) is 0 Å². The van der Waals surface area contributed by atoms with Gasteiger partial charge in [-0.3, -0.25) is 9.97 Å². The first-order valence-corrected chi connectivity index (χ1v) is 22.7. The second-order valence-electron chi connectivity index (χ2n) is 16.3. The SMILES string of the molecule is CC(C)(C)[Si](C)(C)Oc1ccc(Br)c2cccnc12.CC1(C)OB(c2ccc(O[Si](C)(C)C(C)(C)C)c3ncccc23)OC1(C)C. The van der Waals surface area contributed by atoms with Gasteiger partial charge in [0.15, 0.2) is 0 Å². The molecule has 1 aliphatic rings. The van der Waals surface area contributed by atoms with Crippen molar-refractivity contribution in [1.29, 1.82) is 0 Å². The molecule has 2 aromatic carbocycles. The van der Waals surface area contributed by atoms with Crippen LogP contribution in [0.15, 0.2) is 65.4 Å². The zero-order chi connectivity index (χ0) is 34.5. The van der Waals surface area contributed by atoms with Gasteiger partial charge in [0, 0.05) is 27.6 Å². The molecule has 0 radical (unpaired) electrons. The first-order valence-electron chi connectivity index (χ1n) is 16.1. The Kier molecular flexibility index (Phi) is 10.1. The Morgan fingerprint density at radius 1 is 0.652 bits per heavy atom. The lowest BCUT2D eigenvalue weighted by molar-refractivity contribution is 0.00578. The molecule has 0 unspecified atom stereocenters. The predicted molar refractivity (Wildman–Crippen MR) is 203 cm³/mol. The van der Waals surface area contributed by atoms with Gasteiger partial charge >= 0.3 is 7.12 Å². The molecule has 0 amide bonds. The van der Waals surface area contributed by atoms with Crippen LogP contribution >= 0.6 is 15.9 Å². The smallest absolute Gasteiger partial charge is 0.495 e. The number of hydrogen-bond donors (Lipinski definition) is 0. The molecule has 6 nitrogen and oxygen atoms in total. The van der Waals surface area contributed by atoms with E-state index in [1.54, 1.807) is 0 Å². The highest BCUT2D eigenvalue weighted by Crippen LogP contribution is 2.41. The van der Waals surface area contributed by atoms with E-state index in [1.165, 1.54) is 0 Å². The topological polar surface area (TPSA) is 62.7 Å². The number of pyridine rings is 2. The zero-order valence-corrected chi connectivity index (χ0v) is 33.8. The first kappa shape index (κ1) is 36.6. The Balaban J connectivity index is 0.000000222. The van der Waals surface area contributed by atoms with Crippen LogP contribution in [0.1, 0.15) is 69.2 Å². The second kappa shape index (κ2) is 12.7. The largest absolute Gasteiger partial charge is 0.542 e. The van der Waals surface area contributed by atoms with Crippen molar-refractivity contribution in [3.8, 4) is 11.5 Å². The standard InChI is InChI=1S/C21H32BNO3Si.C15H20BrNOSi/c1-19(2,3)27(8,9)24-17-13-12-16(15-11-10-14-23-18(15)17)22-25-20(4,5)21(6,7)26-22;1-15(2,3)19(4,5)18-13-9-8-12(16)11-7-6-10-17-14(11)13/h10-14H,1-9H3;6-10H,1-5H3. The van der Waals surface area contributed by atoms with Crippen LogP contribution in [0.25, 0.3) is 21.8 Å². The second-order valence-corrected chi connectivity index (χ2v) is 26.6. The Hall–Kier alpha value is -2.24.